The van der Waals surface area contributed by atoms with Crippen LogP contribution in [0.1, 0.15) is 43.4 Å². The number of benzene rings is 2. The first kappa shape index (κ1) is 19.8. The van der Waals surface area contributed by atoms with E-state index in [-0.39, 0.29) is 24.9 Å². The highest BCUT2D eigenvalue weighted by molar-refractivity contribution is 9.10. The number of nitrogens with zero attached hydrogens (tertiary/aromatic N) is 1. The van der Waals surface area contributed by atoms with Crippen LogP contribution in [0, 0.1) is 5.82 Å². The lowest BCUT2D eigenvalue weighted by molar-refractivity contribution is -0.0734. The van der Waals surface area contributed by atoms with Crippen molar-refractivity contribution in [1.29, 1.82) is 0 Å². The molecule has 1 fully saturated rings. The molecule has 2 aromatic rings. The minimum atomic E-state index is -0.923. The second-order valence-electron chi connectivity index (χ2n) is 6.76. The molecule has 0 saturated carbocycles. The molecule has 3 rings (SSSR count). The van der Waals surface area contributed by atoms with Gasteiger partial charge < -0.3 is 14.7 Å². The number of hydrogen-bond acceptors (Lipinski definition) is 3. The van der Waals surface area contributed by atoms with Gasteiger partial charge in [0, 0.05) is 30.5 Å². The summed E-state index contributed by atoms with van der Waals surface area (Å²) in [5.41, 5.74) is 0.838. The zero-order chi connectivity index (χ0) is 19.4. The van der Waals surface area contributed by atoms with Crippen LogP contribution in [-0.2, 0) is 10.3 Å². The average Bonchev–Trinajstić information content (AvgIpc) is 2.66. The van der Waals surface area contributed by atoms with Gasteiger partial charge in [-0.25, -0.2) is 9.18 Å². The third-order valence-electron chi connectivity index (χ3n) is 5.18. The smallest absolute Gasteiger partial charge is 0.411 e. The second kappa shape index (κ2) is 8.40. The fourth-order valence-electron chi connectivity index (χ4n) is 3.73. The van der Waals surface area contributed by atoms with E-state index in [1.807, 2.05) is 31.2 Å². The Morgan fingerprint density at radius 3 is 2.44 bits per heavy atom. The van der Waals surface area contributed by atoms with Gasteiger partial charge in [-0.15, -0.1) is 0 Å². The molecule has 4 nitrogen and oxygen atoms in total. The summed E-state index contributed by atoms with van der Waals surface area (Å²) in [6.45, 7) is 2.43. The molecule has 1 heterocycles. The summed E-state index contributed by atoms with van der Waals surface area (Å²) >= 11 is 3.43. The predicted molar refractivity (Wildman–Crippen MR) is 105 cm³/mol. The molecule has 2 atom stereocenters. The molecule has 144 valence electrons. The Morgan fingerprint density at radius 1 is 1.22 bits per heavy atom. The van der Waals surface area contributed by atoms with Crippen molar-refractivity contribution in [2.24, 2.45) is 0 Å². The number of cyclic esters (lactones) is 1. The van der Waals surface area contributed by atoms with E-state index >= 15 is 0 Å². The minimum Gasteiger partial charge on any atom is -0.438 e. The van der Waals surface area contributed by atoms with E-state index in [2.05, 4.69) is 15.9 Å². The van der Waals surface area contributed by atoms with E-state index in [1.165, 1.54) is 12.1 Å². The van der Waals surface area contributed by atoms with Crippen molar-refractivity contribution in [1.82, 2.24) is 4.90 Å². The molecule has 1 aliphatic heterocycles. The van der Waals surface area contributed by atoms with E-state index < -0.39 is 11.7 Å². The molecule has 0 bridgehead atoms. The number of aliphatic hydroxyl groups is 1. The second-order valence-corrected chi connectivity index (χ2v) is 7.68. The fourth-order valence-corrected chi connectivity index (χ4v) is 4.00. The van der Waals surface area contributed by atoms with Crippen LogP contribution < -0.4 is 0 Å². The van der Waals surface area contributed by atoms with Crippen LogP contribution in [0.3, 0.4) is 0 Å². The number of carbonyl (C=O) groups excluding carboxylic acids is 1. The van der Waals surface area contributed by atoms with Crippen LogP contribution in [0.25, 0.3) is 0 Å². The summed E-state index contributed by atoms with van der Waals surface area (Å²) < 4.78 is 20.2. The van der Waals surface area contributed by atoms with Gasteiger partial charge in [-0.1, -0.05) is 47.1 Å². The number of carbonyl (C=O) groups is 1. The Hall–Kier alpha value is -1.92. The molecule has 1 saturated heterocycles. The predicted octanol–water partition coefficient (Wildman–Crippen LogP) is 5.16. The summed E-state index contributed by atoms with van der Waals surface area (Å²) in [6.07, 6.45) is 1.18. The van der Waals surface area contributed by atoms with Gasteiger partial charge in [-0.05, 0) is 41.8 Å². The van der Waals surface area contributed by atoms with E-state index in [0.29, 0.717) is 18.5 Å². The van der Waals surface area contributed by atoms with Crippen molar-refractivity contribution >= 4 is 22.0 Å². The molecular formula is C21H23BrFNO3. The van der Waals surface area contributed by atoms with Crippen LogP contribution in [0.5, 0.6) is 0 Å². The van der Waals surface area contributed by atoms with Gasteiger partial charge in [0.05, 0.1) is 6.04 Å². The molecule has 0 aliphatic carbocycles. The van der Waals surface area contributed by atoms with Crippen LogP contribution in [-0.4, -0.2) is 29.3 Å². The quantitative estimate of drug-likeness (QED) is 0.681. The SMILES string of the molecule is CC[C@@H](c1ccc(Br)cc1)N1CCC(CCO)(c2ccc(F)cc2)OC1=O. The number of rotatable bonds is 6. The van der Waals surface area contributed by atoms with Gasteiger partial charge in [0.25, 0.3) is 0 Å². The van der Waals surface area contributed by atoms with Crippen molar-refractivity contribution in [3.8, 4) is 0 Å². The summed E-state index contributed by atoms with van der Waals surface area (Å²) in [6, 6.07) is 13.8. The molecule has 0 aromatic heterocycles. The first-order valence-corrected chi connectivity index (χ1v) is 9.90. The van der Waals surface area contributed by atoms with Gasteiger partial charge in [-0.2, -0.15) is 0 Å². The highest BCUT2D eigenvalue weighted by atomic mass is 79.9. The first-order valence-electron chi connectivity index (χ1n) is 9.11. The monoisotopic (exact) mass is 435 g/mol. The highest BCUT2D eigenvalue weighted by Crippen LogP contribution is 2.40. The van der Waals surface area contributed by atoms with Crippen molar-refractivity contribution in [2.45, 2.75) is 37.8 Å². The first-order chi connectivity index (χ1) is 13.0. The Morgan fingerprint density at radius 2 is 1.89 bits per heavy atom. The number of hydrogen-bond donors (Lipinski definition) is 1. The van der Waals surface area contributed by atoms with Crippen molar-refractivity contribution in [3.63, 3.8) is 0 Å². The Balaban J connectivity index is 1.85. The maximum Gasteiger partial charge on any atom is 0.411 e. The summed E-state index contributed by atoms with van der Waals surface area (Å²) in [5, 5.41) is 9.53. The van der Waals surface area contributed by atoms with E-state index in [9.17, 15) is 14.3 Å². The molecule has 2 aromatic carbocycles. The zero-order valence-corrected chi connectivity index (χ0v) is 16.8. The lowest BCUT2D eigenvalue weighted by atomic mass is 9.85. The van der Waals surface area contributed by atoms with Crippen LogP contribution in [0.4, 0.5) is 9.18 Å². The number of amides is 1. The molecule has 1 N–H and O–H groups in total. The van der Waals surface area contributed by atoms with E-state index in [0.717, 1.165) is 16.5 Å². The van der Waals surface area contributed by atoms with Crippen molar-refractivity contribution in [2.75, 3.05) is 13.2 Å². The fraction of sp³-hybridized carbons (Fsp3) is 0.381. The van der Waals surface area contributed by atoms with Crippen LogP contribution >= 0.6 is 15.9 Å². The molecule has 0 radical (unpaired) electrons. The maximum absolute atomic E-state index is 13.3. The van der Waals surface area contributed by atoms with Gasteiger partial charge >= 0.3 is 6.09 Å². The van der Waals surface area contributed by atoms with Gasteiger partial charge in [0.1, 0.15) is 11.4 Å². The van der Waals surface area contributed by atoms with Gasteiger partial charge in [0.15, 0.2) is 0 Å². The Kier molecular flexibility index (Phi) is 6.17. The van der Waals surface area contributed by atoms with Gasteiger partial charge in [0.2, 0.25) is 0 Å². The van der Waals surface area contributed by atoms with Crippen LogP contribution in [0.2, 0.25) is 0 Å². The van der Waals surface area contributed by atoms with Gasteiger partial charge in [-0.3, -0.25) is 0 Å². The normalized spacial score (nSPS) is 21.0. The molecule has 1 amide bonds. The molecular weight excluding hydrogens is 413 g/mol. The number of ether oxygens (including phenoxy) is 1. The van der Waals surface area contributed by atoms with E-state index in [1.54, 1.807) is 17.0 Å². The zero-order valence-electron chi connectivity index (χ0n) is 15.2. The molecule has 1 aliphatic rings. The van der Waals surface area contributed by atoms with Crippen LogP contribution in [0.15, 0.2) is 53.0 Å². The Labute approximate surface area is 167 Å². The Bertz CT molecular complexity index is 781. The highest BCUT2D eigenvalue weighted by Gasteiger charge is 2.43. The molecule has 6 heteroatoms. The third kappa shape index (κ3) is 4.17. The van der Waals surface area contributed by atoms with Crippen molar-refractivity contribution in [3.05, 3.63) is 69.9 Å². The lowest BCUT2D eigenvalue weighted by Crippen LogP contribution is -2.49. The summed E-state index contributed by atoms with van der Waals surface area (Å²) in [7, 11) is 0. The average molecular weight is 436 g/mol. The molecule has 1 unspecified atom stereocenters. The standard InChI is InChI=1S/C21H23BrFNO3/c1-2-19(15-3-7-17(22)8-4-15)24-13-11-21(12-14-25,27-20(24)26)16-5-9-18(23)10-6-16/h3-10,19,25H,2,11-14H2,1H3/t19-,21?/m0/s1. The summed E-state index contributed by atoms with van der Waals surface area (Å²) in [5.74, 6) is -0.344. The number of aliphatic hydroxyl groups excluding tert-OH is 1. The topological polar surface area (TPSA) is 49.8 Å². The lowest BCUT2D eigenvalue weighted by Gasteiger charge is -2.44. The van der Waals surface area contributed by atoms with E-state index in [4.69, 9.17) is 4.74 Å². The maximum atomic E-state index is 13.3. The minimum absolute atomic E-state index is 0.0778. The number of halogens is 2. The third-order valence-corrected chi connectivity index (χ3v) is 5.71. The summed E-state index contributed by atoms with van der Waals surface area (Å²) in [4.78, 5) is 14.6. The molecule has 0 spiro atoms. The largest absolute Gasteiger partial charge is 0.438 e. The molecule has 27 heavy (non-hydrogen) atoms. The van der Waals surface area contributed by atoms with Crippen molar-refractivity contribution < 1.29 is 19.0 Å².